The van der Waals surface area contributed by atoms with Gasteiger partial charge >= 0.3 is 5.69 Å². The van der Waals surface area contributed by atoms with Crippen molar-refractivity contribution in [3.8, 4) is 17.1 Å². The van der Waals surface area contributed by atoms with Crippen molar-refractivity contribution in [2.24, 2.45) is 0 Å². The summed E-state index contributed by atoms with van der Waals surface area (Å²) in [6.07, 6.45) is 0. The Balaban J connectivity index is 2.53. The quantitative estimate of drug-likeness (QED) is 0.481. The number of methoxy groups -OCH3 is 1. The van der Waals surface area contributed by atoms with Gasteiger partial charge in [0.2, 0.25) is 0 Å². The first-order valence-corrected chi connectivity index (χ1v) is 6.46. The molecule has 0 aliphatic heterocycles. The number of ether oxygens (including phenoxy) is 1. The fourth-order valence-electron chi connectivity index (χ4n) is 1.95. The topological polar surface area (TPSA) is 83.1 Å². The Kier molecular flexibility index (Phi) is 4.19. The summed E-state index contributed by atoms with van der Waals surface area (Å²) in [5, 5.41) is 19.0. The third-order valence-electron chi connectivity index (χ3n) is 2.90. The average Bonchev–Trinajstić information content (AvgIpc) is 2.89. The molecule has 106 valence electrons. The van der Waals surface area contributed by atoms with Gasteiger partial charge in [0.25, 0.3) is 0 Å². The smallest absolute Gasteiger partial charge is 0.310 e. The van der Waals surface area contributed by atoms with E-state index in [2.05, 4.69) is 10.2 Å². The van der Waals surface area contributed by atoms with Crippen molar-refractivity contribution >= 4 is 17.3 Å². The van der Waals surface area contributed by atoms with Crippen molar-refractivity contribution in [1.29, 1.82) is 0 Å². The highest BCUT2D eigenvalue weighted by Gasteiger charge is 2.18. The lowest BCUT2D eigenvalue weighted by Crippen LogP contribution is -2.02. The third kappa shape index (κ3) is 2.44. The van der Waals surface area contributed by atoms with Gasteiger partial charge in [-0.2, -0.15) is 0 Å². The zero-order chi connectivity index (χ0) is 14.7. The van der Waals surface area contributed by atoms with Crippen LogP contribution in [0.2, 0.25) is 0 Å². The Morgan fingerprint density at radius 2 is 2.20 bits per heavy atom. The fraction of sp³-hybridized carbons (Fsp3) is 0.333. The van der Waals surface area contributed by atoms with Crippen molar-refractivity contribution in [2.45, 2.75) is 19.3 Å². The molecule has 0 unspecified atom stereocenters. The molecule has 8 heteroatoms. The number of nitro groups is 1. The van der Waals surface area contributed by atoms with Crippen LogP contribution in [0, 0.1) is 10.1 Å². The minimum atomic E-state index is -0.489. The molecule has 0 N–H and O–H groups in total. The molecule has 1 aromatic carbocycles. The van der Waals surface area contributed by atoms with E-state index in [4.69, 9.17) is 16.3 Å². The maximum atomic E-state index is 10.9. The molecule has 0 aliphatic rings. The Hall–Kier alpha value is -2.15. The molecule has 0 radical (unpaired) electrons. The second-order valence-corrected chi connectivity index (χ2v) is 4.23. The van der Waals surface area contributed by atoms with Crippen LogP contribution in [0.5, 0.6) is 5.75 Å². The molecule has 1 heterocycles. The van der Waals surface area contributed by atoms with E-state index in [0.717, 1.165) is 0 Å². The van der Waals surface area contributed by atoms with Crippen LogP contribution in [0.4, 0.5) is 5.69 Å². The largest absolute Gasteiger partial charge is 0.490 e. The lowest BCUT2D eigenvalue weighted by molar-refractivity contribution is -0.385. The lowest BCUT2D eigenvalue weighted by Gasteiger charge is -2.07. The summed E-state index contributed by atoms with van der Waals surface area (Å²) in [7, 11) is 1.39. The molecule has 0 fully saturated rings. The molecular formula is C12H13ClN4O3. The Labute approximate surface area is 120 Å². The number of nitro benzene ring substituents is 1. The van der Waals surface area contributed by atoms with E-state index >= 15 is 0 Å². The van der Waals surface area contributed by atoms with Gasteiger partial charge in [-0.25, -0.2) is 0 Å². The van der Waals surface area contributed by atoms with Crippen LogP contribution in [-0.2, 0) is 12.4 Å². The molecule has 1 aromatic heterocycles. The number of nitrogens with zero attached hydrogens (tertiary/aromatic N) is 4. The number of alkyl halides is 1. The molecule has 0 atom stereocenters. The Morgan fingerprint density at radius 3 is 2.75 bits per heavy atom. The van der Waals surface area contributed by atoms with Gasteiger partial charge in [0.05, 0.1) is 17.9 Å². The molecule has 0 bridgehead atoms. The summed E-state index contributed by atoms with van der Waals surface area (Å²) in [6, 6.07) is 4.59. The van der Waals surface area contributed by atoms with E-state index in [0.29, 0.717) is 23.8 Å². The van der Waals surface area contributed by atoms with Crippen molar-refractivity contribution in [2.75, 3.05) is 7.11 Å². The Bertz CT molecular complexity index is 642. The number of hydrogen-bond donors (Lipinski definition) is 0. The average molecular weight is 297 g/mol. The first-order valence-electron chi connectivity index (χ1n) is 5.93. The van der Waals surface area contributed by atoms with Gasteiger partial charge in [0.1, 0.15) is 5.82 Å². The van der Waals surface area contributed by atoms with Gasteiger partial charge in [0, 0.05) is 18.2 Å². The van der Waals surface area contributed by atoms with Crippen LogP contribution < -0.4 is 4.74 Å². The van der Waals surface area contributed by atoms with E-state index < -0.39 is 4.92 Å². The second kappa shape index (κ2) is 5.87. The molecule has 2 aromatic rings. The van der Waals surface area contributed by atoms with Crippen LogP contribution >= 0.6 is 11.6 Å². The maximum Gasteiger partial charge on any atom is 0.310 e. The molecule has 0 amide bonds. The molecule has 0 spiro atoms. The highest BCUT2D eigenvalue weighted by atomic mass is 35.5. The van der Waals surface area contributed by atoms with Crippen LogP contribution in [0.25, 0.3) is 11.4 Å². The van der Waals surface area contributed by atoms with E-state index in [-0.39, 0.29) is 17.3 Å². The van der Waals surface area contributed by atoms with E-state index in [9.17, 15) is 10.1 Å². The number of hydrogen-bond acceptors (Lipinski definition) is 5. The SMILES string of the molecule is CCn1c(CCl)nnc1-c1ccc([N+](=O)[O-])c(OC)c1. The number of rotatable bonds is 5. The number of benzene rings is 1. The molecule has 20 heavy (non-hydrogen) atoms. The van der Waals surface area contributed by atoms with E-state index in [1.807, 2.05) is 11.5 Å². The van der Waals surface area contributed by atoms with Gasteiger partial charge in [-0.1, -0.05) is 0 Å². The van der Waals surface area contributed by atoms with Gasteiger partial charge < -0.3 is 9.30 Å². The van der Waals surface area contributed by atoms with Crippen LogP contribution in [-0.4, -0.2) is 26.8 Å². The monoisotopic (exact) mass is 296 g/mol. The molecule has 0 saturated carbocycles. The summed E-state index contributed by atoms with van der Waals surface area (Å²) in [6.45, 7) is 2.61. The molecule has 7 nitrogen and oxygen atoms in total. The Morgan fingerprint density at radius 1 is 1.45 bits per heavy atom. The van der Waals surface area contributed by atoms with Crippen molar-refractivity contribution in [3.63, 3.8) is 0 Å². The summed E-state index contributed by atoms with van der Waals surface area (Å²) in [5.74, 6) is 1.70. The minimum Gasteiger partial charge on any atom is -0.490 e. The number of aromatic nitrogens is 3. The van der Waals surface area contributed by atoms with Crippen molar-refractivity contribution in [3.05, 3.63) is 34.1 Å². The number of halogens is 1. The summed E-state index contributed by atoms with van der Waals surface area (Å²) >= 11 is 5.80. The molecule has 0 saturated heterocycles. The zero-order valence-corrected chi connectivity index (χ0v) is 11.8. The van der Waals surface area contributed by atoms with Gasteiger partial charge in [-0.05, 0) is 19.1 Å². The summed E-state index contributed by atoms with van der Waals surface area (Å²) < 4.78 is 6.91. The van der Waals surface area contributed by atoms with Gasteiger partial charge in [-0.15, -0.1) is 21.8 Å². The lowest BCUT2D eigenvalue weighted by atomic mass is 10.1. The molecule has 0 aliphatic carbocycles. The predicted molar refractivity (Wildman–Crippen MR) is 73.9 cm³/mol. The van der Waals surface area contributed by atoms with E-state index in [1.165, 1.54) is 13.2 Å². The van der Waals surface area contributed by atoms with Gasteiger partial charge in [-0.3, -0.25) is 10.1 Å². The first kappa shape index (κ1) is 14.3. The maximum absolute atomic E-state index is 10.9. The van der Waals surface area contributed by atoms with Gasteiger partial charge in [0.15, 0.2) is 11.6 Å². The van der Waals surface area contributed by atoms with E-state index in [1.54, 1.807) is 12.1 Å². The minimum absolute atomic E-state index is 0.0867. The zero-order valence-electron chi connectivity index (χ0n) is 11.0. The van der Waals surface area contributed by atoms with Crippen LogP contribution in [0.3, 0.4) is 0 Å². The molecular weight excluding hydrogens is 284 g/mol. The molecule has 2 rings (SSSR count). The normalized spacial score (nSPS) is 10.6. The van der Waals surface area contributed by atoms with Crippen LogP contribution in [0.1, 0.15) is 12.7 Å². The fourth-order valence-corrected chi connectivity index (χ4v) is 2.15. The highest BCUT2D eigenvalue weighted by Crippen LogP contribution is 2.31. The van der Waals surface area contributed by atoms with Crippen LogP contribution in [0.15, 0.2) is 18.2 Å². The standard InChI is InChI=1S/C12H13ClN4O3/c1-3-16-11(7-13)14-15-12(16)8-4-5-9(17(18)19)10(6-8)20-2/h4-6H,3,7H2,1-2H3. The highest BCUT2D eigenvalue weighted by molar-refractivity contribution is 6.16. The summed E-state index contributed by atoms with van der Waals surface area (Å²) in [5.41, 5.74) is 0.606. The third-order valence-corrected chi connectivity index (χ3v) is 3.14. The second-order valence-electron chi connectivity index (χ2n) is 3.96. The first-order chi connectivity index (χ1) is 9.62. The predicted octanol–water partition coefficient (Wildman–Crippen LogP) is 2.62. The van der Waals surface area contributed by atoms with Crippen molar-refractivity contribution in [1.82, 2.24) is 14.8 Å². The van der Waals surface area contributed by atoms with Crippen molar-refractivity contribution < 1.29 is 9.66 Å². The summed E-state index contributed by atoms with van der Waals surface area (Å²) in [4.78, 5) is 10.4.